The van der Waals surface area contributed by atoms with Gasteiger partial charge >= 0.3 is 0 Å². The molecule has 0 amide bonds. The molecule has 1 nitrogen and oxygen atoms in total. The van der Waals surface area contributed by atoms with E-state index in [0.29, 0.717) is 11.8 Å². The molecule has 0 aromatic heterocycles. The molecule has 1 heteroatoms. The molecule has 0 saturated heterocycles. The zero-order chi connectivity index (χ0) is 39.4. The van der Waals surface area contributed by atoms with Crippen LogP contribution in [0.4, 0.5) is 17.1 Å². The fraction of sp³-hybridized carbons (Fsp3) is 0.186. The second-order valence-electron chi connectivity index (χ2n) is 18.5. The Bertz CT molecular complexity index is 2860. The summed E-state index contributed by atoms with van der Waals surface area (Å²) in [5.74, 6) is 3.23. The summed E-state index contributed by atoms with van der Waals surface area (Å²) in [5.41, 5.74) is 19.6. The summed E-state index contributed by atoms with van der Waals surface area (Å²) in [6.45, 7) is 0. The fourth-order valence-electron chi connectivity index (χ4n) is 13.7. The SMILES string of the molecule is c1ccc(-c2ccc(N(c3ccc4c(c3)C(c3ccccc3)(c3ccccc3)c3ccccc3-4)c3ccc4c(c3)C3(c5ccccc5-4)C4CC5CC(C4)CC3C5)cc2)cc1. The first-order chi connectivity index (χ1) is 29.7. The summed E-state index contributed by atoms with van der Waals surface area (Å²) < 4.78 is 0. The van der Waals surface area contributed by atoms with Crippen LogP contribution in [0.25, 0.3) is 33.4 Å². The summed E-state index contributed by atoms with van der Waals surface area (Å²) in [4.78, 5) is 2.56. The van der Waals surface area contributed by atoms with Crippen LogP contribution >= 0.6 is 0 Å². The lowest BCUT2D eigenvalue weighted by molar-refractivity contribution is -0.0399. The predicted molar refractivity (Wildman–Crippen MR) is 247 cm³/mol. The van der Waals surface area contributed by atoms with E-state index in [2.05, 4.69) is 205 Å². The van der Waals surface area contributed by atoms with Gasteiger partial charge in [-0.3, -0.25) is 0 Å². The normalized spacial score (nSPS) is 23.2. The number of nitrogens with zero attached hydrogens (tertiary/aromatic N) is 1. The van der Waals surface area contributed by atoms with E-state index < -0.39 is 5.41 Å². The molecule has 0 atom stereocenters. The van der Waals surface area contributed by atoms with Crippen molar-refractivity contribution in [3.63, 3.8) is 0 Å². The van der Waals surface area contributed by atoms with E-state index in [1.807, 2.05) is 0 Å². The highest BCUT2D eigenvalue weighted by atomic mass is 15.1. The van der Waals surface area contributed by atoms with E-state index in [-0.39, 0.29) is 5.41 Å². The molecule has 4 bridgehead atoms. The Kier molecular flexibility index (Phi) is 7.48. The maximum Gasteiger partial charge on any atom is 0.0714 e. The Morgan fingerprint density at radius 3 is 1.37 bits per heavy atom. The van der Waals surface area contributed by atoms with Crippen LogP contribution in [0.3, 0.4) is 0 Å². The molecule has 288 valence electrons. The highest BCUT2D eigenvalue weighted by Gasteiger charge is 2.61. The lowest BCUT2D eigenvalue weighted by atomic mass is 9.43. The number of rotatable bonds is 6. The first kappa shape index (κ1) is 34.4. The molecule has 4 fully saturated rings. The standard InChI is InChI=1S/C59H47N/c1-4-14-41(15-5-1)42-24-26-47(27-25-42)60(49-29-31-53-51-21-11-13-23-55(51)59(57(53)38-49)45-33-39-32-40(35-45)36-46(59)34-39)48-28-30-52-50-20-10-12-22-54(50)58(56(52)37-48,43-16-6-2-7-17-43)44-18-8-3-9-19-44/h1-31,37-40,45-46H,32-36H2. The Hall–Kier alpha value is -6.44. The molecule has 4 saturated carbocycles. The second kappa shape index (κ2) is 13.0. The first-order valence-corrected chi connectivity index (χ1v) is 22.3. The van der Waals surface area contributed by atoms with E-state index in [1.54, 1.807) is 11.1 Å². The lowest BCUT2D eigenvalue weighted by Gasteiger charge is -2.61. The largest absolute Gasteiger partial charge is 0.310 e. The van der Waals surface area contributed by atoms with Crippen LogP contribution < -0.4 is 4.90 Å². The molecule has 0 radical (unpaired) electrons. The van der Waals surface area contributed by atoms with Gasteiger partial charge in [0.1, 0.15) is 0 Å². The van der Waals surface area contributed by atoms with Crippen molar-refractivity contribution in [1.82, 2.24) is 0 Å². The van der Waals surface area contributed by atoms with E-state index in [4.69, 9.17) is 0 Å². The fourth-order valence-corrected chi connectivity index (χ4v) is 13.7. The third kappa shape index (κ3) is 4.69. The number of hydrogen-bond donors (Lipinski definition) is 0. The van der Waals surface area contributed by atoms with Crippen LogP contribution in [0.2, 0.25) is 0 Å². The summed E-state index contributed by atoms with van der Waals surface area (Å²) in [6, 6.07) is 75.9. The number of hydrogen-bond acceptors (Lipinski definition) is 1. The molecule has 0 unspecified atom stereocenters. The molecule has 14 rings (SSSR count). The Morgan fingerprint density at radius 1 is 0.333 bits per heavy atom. The van der Waals surface area contributed by atoms with Crippen LogP contribution in [-0.2, 0) is 10.8 Å². The molecule has 60 heavy (non-hydrogen) atoms. The third-order valence-corrected chi connectivity index (χ3v) is 15.7. The second-order valence-corrected chi connectivity index (χ2v) is 18.5. The molecular weight excluding hydrogens is 723 g/mol. The minimum Gasteiger partial charge on any atom is -0.310 e. The highest BCUT2D eigenvalue weighted by Crippen LogP contribution is 2.70. The van der Waals surface area contributed by atoms with Crippen LogP contribution in [0.1, 0.15) is 65.5 Å². The van der Waals surface area contributed by atoms with E-state index in [1.165, 1.54) is 105 Å². The minimum absolute atomic E-state index is 0.0908. The van der Waals surface area contributed by atoms with Gasteiger partial charge in [-0.2, -0.15) is 0 Å². The Labute approximate surface area is 354 Å². The van der Waals surface area contributed by atoms with E-state index in [9.17, 15) is 0 Å². The van der Waals surface area contributed by atoms with Crippen LogP contribution in [0.5, 0.6) is 0 Å². The van der Waals surface area contributed by atoms with E-state index in [0.717, 1.165) is 11.8 Å². The van der Waals surface area contributed by atoms with Crippen molar-refractivity contribution >= 4 is 17.1 Å². The summed E-state index contributed by atoms with van der Waals surface area (Å²) in [6.07, 6.45) is 6.97. The molecule has 1 spiro atoms. The molecule has 0 heterocycles. The maximum absolute atomic E-state index is 2.65. The summed E-state index contributed by atoms with van der Waals surface area (Å²) in [7, 11) is 0. The lowest BCUT2D eigenvalue weighted by Crippen LogP contribution is -2.55. The summed E-state index contributed by atoms with van der Waals surface area (Å²) >= 11 is 0. The van der Waals surface area contributed by atoms with Gasteiger partial charge in [0, 0.05) is 22.5 Å². The number of anilines is 3. The van der Waals surface area contributed by atoms with Crippen molar-refractivity contribution in [2.45, 2.75) is 42.9 Å². The third-order valence-electron chi connectivity index (χ3n) is 15.7. The average molecular weight is 770 g/mol. The van der Waals surface area contributed by atoms with Crippen molar-refractivity contribution < 1.29 is 0 Å². The van der Waals surface area contributed by atoms with Gasteiger partial charge in [0.05, 0.1) is 5.41 Å². The molecule has 0 aliphatic heterocycles. The van der Waals surface area contributed by atoms with Crippen LogP contribution in [0.15, 0.2) is 200 Å². The predicted octanol–water partition coefficient (Wildman–Crippen LogP) is 14.9. The zero-order valence-electron chi connectivity index (χ0n) is 33.8. The highest BCUT2D eigenvalue weighted by molar-refractivity contribution is 5.91. The zero-order valence-corrected chi connectivity index (χ0v) is 33.8. The number of fused-ring (bicyclic) bond motifs is 6. The molecule has 8 aromatic carbocycles. The van der Waals surface area contributed by atoms with Gasteiger partial charge in [-0.05, 0) is 159 Å². The van der Waals surface area contributed by atoms with Crippen molar-refractivity contribution in [1.29, 1.82) is 0 Å². The molecule has 6 aliphatic rings. The van der Waals surface area contributed by atoms with Crippen molar-refractivity contribution in [3.05, 3.63) is 234 Å². The maximum atomic E-state index is 2.65. The van der Waals surface area contributed by atoms with Crippen molar-refractivity contribution in [3.8, 4) is 33.4 Å². The van der Waals surface area contributed by atoms with Crippen molar-refractivity contribution in [2.75, 3.05) is 4.90 Å². The monoisotopic (exact) mass is 769 g/mol. The average Bonchev–Trinajstić information content (AvgIpc) is 3.77. The number of benzene rings is 8. The molecule has 6 aliphatic carbocycles. The van der Waals surface area contributed by atoms with Crippen LogP contribution in [0, 0.1) is 23.7 Å². The molecular formula is C59H47N. The van der Waals surface area contributed by atoms with Gasteiger partial charge in [0.15, 0.2) is 0 Å². The Morgan fingerprint density at radius 2 is 0.767 bits per heavy atom. The van der Waals surface area contributed by atoms with Gasteiger partial charge in [-0.25, -0.2) is 0 Å². The van der Waals surface area contributed by atoms with E-state index >= 15 is 0 Å². The van der Waals surface area contributed by atoms with Gasteiger partial charge in [-0.15, -0.1) is 0 Å². The topological polar surface area (TPSA) is 3.24 Å². The van der Waals surface area contributed by atoms with Gasteiger partial charge in [-0.1, -0.05) is 164 Å². The quantitative estimate of drug-likeness (QED) is 0.163. The Balaban J connectivity index is 1.05. The minimum atomic E-state index is -0.475. The molecule has 8 aromatic rings. The smallest absolute Gasteiger partial charge is 0.0714 e. The first-order valence-electron chi connectivity index (χ1n) is 22.3. The van der Waals surface area contributed by atoms with Gasteiger partial charge in [0.25, 0.3) is 0 Å². The summed E-state index contributed by atoms with van der Waals surface area (Å²) in [5, 5.41) is 0. The van der Waals surface area contributed by atoms with Gasteiger partial charge in [0.2, 0.25) is 0 Å². The van der Waals surface area contributed by atoms with Gasteiger partial charge < -0.3 is 4.90 Å². The van der Waals surface area contributed by atoms with Crippen LogP contribution in [-0.4, -0.2) is 0 Å². The molecule has 0 N–H and O–H groups in total. The van der Waals surface area contributed by atoms with Crippen molar-refractivity contribution in [2.24, 2.45) is 23.7 Å².